The SMILES string of the molecule is [B]C[C@H](CC)CO. The number of hydrogen-bond acceptors (Lipinski definition) is 1. The minimum atomic E-state index is 0.229. The Morgan fingerprint density at radius 3 is 2.29 bits per heavy atom. The van der Waals surface area contributed by atoms with Gasteiger partial charge in [-0.05, 0) is 5.92 Å². The molecule has 40 valence electrons. The first-order valence-electron chi connectivity index (χ1n) is 2.66. The third-order valence-corrected chi connectivity index (χ3v) is 1.17. The molecule has 0 aliphatic rings. The first kappa shape index (κ1) is 7.02. The Morgan fingerprint density at radius 1 is 1.71 bits per heavy atom. The lowest BCUT2D eigenvalue weighted by Crippen LogP contribution is -2.02. The van der Waals surface area contributed by atoms with E-state index in [-0.39, 0.29) is 6.61 Å². The fourth-order valence-corrected chi connectivity index (χ4v) is 0.370. The van der Waals surface area contributed by atoms with Crippen LogP contribution in [0.25, 0.3) is 0 Å². The molecule has 0 unspecified atom stereocenters. The number of rotatable bonds is 3. The molecule has 0 aromatic carbocycles. The molecule has 0 bridgehead atoms. The minimum Gasteiger partial charge on any atom is -0.396 e. The average Bonchev–Trinajstić information content (AvgIpc) is 1.72. The average molecular weight is 98.0 g/mol. The Bertz CT molecular complexity index is 29.6. The van der Waals surface area contributed by atoms with Crippen molar-refractivity contribution in [2.24, 2.45) is 5.92 Å². The van der Waals surface area contributed by atoms with Gasteiger partial charge in [0.2, 0.25) is 0 Å². The van der Waals surface area contributed by atoms with Gasteiger partial charge in [-0.15, -0.1) is 0 Å². The molecule has 0 aliphatic carbocycles. The fraction of sp³-hybridized carbons (Fsp3) is 1.00. The Labute approximate surface area is 46.1 Å². The summed E-state index contributed by atoms with van der Waals surface area (Å²) in [7, 11) is 5.23. The summed E-state index contributed by atoms with van der Waals surface area (Å²) in [6, 6.07) is 0. The lowest BCUT2D eigenvalue weighted by molar-refractivity contribution is 0.234. The van der Waals surface area contributed by atoms with E-state index in [4.69, 9.17) is 13.0 Å². The van der Waals surface area contributed by atoms with Gasteiger partial charge in [-0.3, -0.25) is 0 Å². The maximum absolute atomic E-state index is 8.45. The van der Waals surface area contributed by atoms with Crippen LogP contribution in [0.1, 0.15) is 13.3 Å². The zero-order valence-electron chi connectivity index (χ0n) is 4.72. The molecule has 0 amide bonds. The highest BCUT2D eigenvalue weighted by molar-refractivity contribution is 6.08. The van der Waals surface area contributed by atoms with Crippen molar-refractivity contribution in [2.45, 2.75) is 19.7 Å². The van der Waals surface area contributed by atoms with Crippen LogP contribution in [0.4, 0.5) is 0 Å². The predicted octanol–water partition coefficient (Wildman–Crippen LogP) is 0.592. The van der Waals surface area contributed by atoms with E-state index in [0.717, 1.165) is 6.42 Å². The van der Waals surface area contributed by atoms with Gasteiger partial charge in [0.05, 0.1) is 7.85 Å². The molecule has 7 heavy (non-hydrogen) atoms. The molecule has 0 spiro atoms. The zero-order valence-corrected chi connectivity index (χ0v) is 4.72. The first-order valence-corrected chi connectivity index (χ1v) is 2.66. The Morgan fingerprint density at radius 2 is 2.29 bits per heavy atom. The highest BCUT2D eigenvalue weighted by Gasteiger charge is 1.96. The Balaban J connectivity index is 2.99. The lowest BCUT2D eigenvalue weighted by Gasteiger charge is -2.04. The van der Waals surface area contributed by atoms with E-state index in [2.05, 4.69) is 0 Å². The van der Waals surface area contributed by atoms with Gasteiger partial charge in [0.15, 0.2) is 0 Å². The van der Waals surface area contributed by atoms with Crippen molar-refractivity contribution < 1.29 is 5.11 Å². The molecule has 0 fully saturated rings. The maximum Gasteiger partial charge on any atom is 0.0657 e. The molecule has 0 aromatic heterocycles. The summed E-state index contributed by atoms with van der Waals surface area (Å²) in [6.45, 7) is 2.25. The highest BCUT2D eigenvalue weighted by atomic mass is 16.3. The summed E-state index contributed by atoms with van der Waals surface area (Å²) in [5.41, 5.74) is 0. The summed E-state index contributed by atoms with van der Waals surface area (Å²) in [6.07, 6.45) is 1.58. The monoisotopic (exact) mass is 98.1 g/mol. The number of aliphatic hydroxyl groups excluding tert-OH is 1. The molecule has 0 rings (SSSR count). The molecule has 0 saturated carbocycles. The Hall–Kier alpha value is 0.0249. The van der Waals surface area contributed by atoms with Crippen molar-refractivity contribution in [3.05, 3.63) is 0 Å². The van der Waals surface area contributed by atoms with Crippen molar-refractivity contribution in [2.75, 3.05) is 6.61 Å². The zero-order chi connectivity index (χ0) is 5.70. The normalized spacial score (nSPS) is 14.0. The van der Waals surface area contributed by atoms with Crippen molar-refractivity contribution in [1.82, 2.24) is 0 Å². The summed E-state index contributed by atoms with van der Waals surface area (Å²) in [4.78, 5) is 0. The molecule has 0 aliphatic heterocycles. The molecular formula is C5H11BO. The molecule has 1 nitrogen and oxygen atoms in total. The fourth-order valence-electron chi connectivity index (χ4n) is 0.370. The second-order valence-corrected chi connectivity index (χ2v) is 1.69. The third kappa shape index (κ3) is 2.69. The predicted molar refractivity (Wildman–Crippen MR) is 31.4 cm³/mol. The molecule has 0 aromatic rings. The minimum absolute atomic E-state index is 0.229. The van der Waals surface area contributed by atoms with Crippen LogP contribution in [0.5, 0.6) is 0 Å². The largest absolute Gasteiger partial charge is 0.396 e. The van der Waals surface area contributed by atoms with Gasteiger partial charge in [0, 0.05) is 6.61 Å². The summed E-state index contributed by atoms with van der Waals surface area (Å²) in [5, 5.41) is 8.45. The van der Waals surface area contributed by atoms with E-state index in [9.17, 15) is 0 Å². The van der Waals surface area contributed by atoms with Crippen molar-refractivity contribution in [3.8, 4) is 0 Å². The molecule has 0 saturated heterocycles. The van der Waals surface area contributed by atoms with E-state index in [1.165, 1.54) is 0 Å². The molecule has 2 radical (unpaired) electrons. The van der Waals surface area contributed by atoms with E-state index >= 15 is 0 Å². The summed E-state index contributed by atoms with van der Waals surface area (Å²) < 4.78 is 0. The van der Waals surface area contributed by atoms with Gasteiger partial charge in [0.1, 0.15) is 0 Å². The van der Waals surface area contributed by atoms with Gasteiger partial charge in [-0.2, -0.15) is 0 Å². The molecule has 0 heterocycles. The van der Waals surface area contributed by atoms with Crippen LogP contribution in [0.3, 0.4) is 0 Å². The van der Waals surface area contributed by atoms with Gasteiger partial charge in [0.25, 0.3) is 0 Å². The standard InChI is InChI=1S/C5H11BO/c1-2-5(3-6)4-7/h5,7H,2-4H2,1H3/t5-/m0/s1. The first-order chi connectivity index (χ1) is 3.35. The van der Waals surface area contributed by atoms with Gasteiger partial charge in [-0.1, -0.05) is 19.7 Å². The smallest absolute Gasteiger partial charge is 0.0657 e. The van der Waals surface area contributed by atoms with Crippen molar-refractivity contribution >= 4 is 7.85 Å². The molecular weight excluding hydrogens is 86.9 g/mol. The molecule has 1 atom stereocenters. The number of aliphatic hydroxyl groups is 1. The van der Waals surface area contributed by atoms with Gasteiger partial charge in [-0.25, -0.2) is 0 Å². The van der Waals surface area contributed by atoms with Crippen LogP contribution < -0.4 is 0 Å². The third-order valence-electron chi connectivity index (χ3n) is 1.17. The summed E-state index contributed by atoms with van der Waals surface area (Å²) >= 11 is 0. The Kier molecular flexibility index (Phi) is 4.21. The van der Waals surface area contributed by atoms with E-state index in [0.29, 0.717) is 12.2 Å². The van der Waals surface area contributed by atoms with Crippen LogP contribution in [0.2, 0.25) is 6.32 Å². The van der Waals surface area contributed by atoms with E-state index in [1.807, 2.05) is 6.92 Å². The second kappa shape index (κ2) is 4.19. The van der Waals surface area contributed by atoms with Crippen LogP contribution in [0.15, 0.2) is 0 Å². The van der Waals surface area contributed by atoms with Crippen molar-refractivity contribution in [3.63, 3.8) is 0 Å². The quantitative estimate of drug-likeness (QED) is 0.512. The maximum atomic E-state index is 8.45. The second-order valence-electron chi connectivity index (χ2n) is 1.69. The van der Waals surface area contributed by atoms with Gasteiger partial charge >= 0.3 is 0 Å². The van der Waals surface area contributed by atoms with Crippen LogP contribution >= 0.6 is 0 Å². The van der Waals surface area contributed by atoms with E-state index in [1.54, 1.807) is 0 Å². The lowest BCUT2D eigenvalue weighted by atomic mass is 9.90. The van der Waals surface area contributed by atoms with Gasteiger partial charge < -0.3 is 5.11 Å². The van der Waals surface area contributed by atoms with Crippen LogP contribution in [-0.2, 0) is 0 Å². The van der Waals surface area contributed by atoms with E-state index < -0.39 is 0 Å². The molecule has 1 N–H and O–H groups in total. The number of hydrogen-bond donors (Lipinski definition) is 1. The topological polar surface area (TPSA) is 20.2 Å². The summed E-state index contributed by atoms with van der Waals surface area (Å²) in [5.74, 6) is 0.319. The van der Waals surface area contributed by atoms with Crippen molar-refractivity contribution in [1.29, 1.82) is 0 Å². The molecule has 2 heteroatoms. The van der Waals surface area contributed by atoms with Crippen LogP contribution in [-0.4, -0.2) is 19.6 Å². The highest BCUT2D eigenvalue weighted by Crippen LogP contribution is 2.02. The van der Waals surface area contributed by atoms with Crippen LogP contribution in [0, 0.1) is 5.92 Å².